The number of nitrogen functional groups attached to an aromatic ring is 1. The van der Waals surface area contributed by atoms with Gasteiger partial charge in [-0.05, 0) is 0 Å². The van der Waals surface area contributed by atoms with Crippen LogP contribution >= 0.6 is 0 Å². The summed E-state index contributed by atoms with van der Waals surface area (Å²) in [7, 11) is 0. The molecule has 0 spiro atoms. The van der Waals surface area contributed by atoms with E-state index in [1.54, 1.807) is 0 Å². The van der Waals surface area contributed by atoms with Gasteiger partial charge in [-0.2, -0.15) is 0 Å². The molecule has 1 rings (SSSR count). The van der Waals surface area contributed by atoms with Gasteiger partial charge in [-0.3, -0.25) is 14.9 Å². The summed E-state index contributed by atoms with van der Waals surface area (Å²) in [6.07, 6.45) is 0.912. The van der Waals surface area contributed by atoms with Crippen LogP contribution < -0.4 is 5.73 Å². The van der Waals surface area contributed by atoms with E-state index in [1.807, 2.05) is 0 Å². The van der Waals surface area contributed by atoms with E-state index in [4.69, 9.17) is 10.8 Å². The van der Waals surface area contributed by atoms with Crippen molar-refractivity contribution in [1.29, 1.82) is 0 Å². The fraction of sp³-hybridized carbons (Fsp3) is 0.111. The highest BCUT2D eigenvalue weighted by atomic mass is 16.6. The number of carboxylic acid groups (broad SMARTS) is 1. The van der Waals surface area contributed by atoms with Crippen molar-refractivity contribution < 1.29 is 14.8 Å². The molecule has 0 saturated heterocycles. The molecule has 0 fully saturated rings. The molecule has 0 radical (unpaired) electrons. The molecule has 0 atom stereocenters. The second kappa shape index (κ2) is 4.75. The topological polar surface area (TPSA) is 119 Å². The molecule has 7 nitrogen and oxygen atoms in total. The van der Waals surface area contributed by atoms with Crippen molar-refractivity contribution >= 4 is 17.5 Å². The first-order valence-electron chi connectivity index (χ1n) is 4.11. The molecule has 0 bridgehead atoms. The van der Waals surface area contributed by atoms with E-state index < -0.39 is 10.9 Å². The van der Waals surface area contributed by atoms with Crippen LogP contribution in [0.1, 0.15) is 12.0 Å². The van der Waals surface area contributed by atoms with Crippen LogP contribution in [0, 0.1) is 22.0 Å². The maximum atomic E-state index is 10.5. The second-order valence-corrected chi connectivity index (χ2v) is 2.76. The maximum Gasteiger partial charge on any atom is 0.315 e. The van der Waals surface area contributed by atoms with Gasteiger partial charge in [0, 0.05) is 17.8 Å². The van der Waals surface area contributed by atoms with Gasteiger partial charge in [0.1, 0.15) is 6.42 Å². The third-order valence-corrected chi connectivity index (χ3v) is 1.57. The first-order valence-corrected chi connectivity index (χ1v) is 4.11. The van der Waals surface area contributed by atoms with E-state index in [9.17, 15) is 14.9 Å². The Hall–Kier alpha value is -2.62. The van der Waals surface area contributed by atoms with Gasteiger partial charge < -0.3 is 10.8 Å². The lowest BCUT2D eigenvalue weighted by atomic mass is 10.2. The number of hydrogen-bond acceptors (Lipinski definition) is 5. The first kappa shape index (κ1) is 11.5. The Balaban J connectivity index is 2.98. The molecule has 0 saturated carbocycles. The lowest BCUT2D eigenvalue weighted by molar-refractivity contribution is -0.384. The van der Waals surface area contributed by atoms with Crippen molar-refractivity contribution in [3.05, 3.63) is 27.9 Å². The van der Waals surface area contributed by atoms with Gasteiger partial charge in [0.25, 0.3) is 0 Å². The predicted octanol–water partition coefficient (Wildman–Crippen LogP) is 0.398. The molecule has 1 aromatic rings. The summed E-state index contributed by atoms with van der Waals surface area (Å²) in [5.41, 5.74) is 5.18. The third kappa shape index (κ3) is 2.95. The highest BCUT2D eigenvalue weighted by Gasteiger charge is 2.12. The zero-order valence-corrected chi connectivity index (χ0v) is 8.01. The zero-order valence-electron chi connectivity index (χ0n) is 8.01. The van der Waals surface area contributed by atoms with E-state index in [-0.39, 0.29) is 23.5 Å². The monoisotopic (exact) mass is 221 g/mol. The van der Waals surface area contributed by atoms with Crippen molar-refractivity contribution in [3.8, 4) is 11.8 Å². The molecule has 0 unspecified atom stereocenters. The molecule has 82 valence electrons. The Labute approximate surface area is 90.1 Å². The van der Waals surface area contributed by atoms with Crippen LogP contribution in [0.25, 0.3) is 0 Å². The summed E-state index contributed by atoms with van der Waals surface area (Å²) in [6, 6.07) is 1.15. The van der Waals surface area contributed by atoms with Crippen LogP contribution in [0.5, 0.6) is 0 Å². The zero-order chi connectivity index (χ0) is 12.1. The Bertz CT molecular complexity index is 501. The lowest BCUT2D eigenvalue weighted by Gasteiger charge is -1.95. The Morgan fingerprint density at radius 2 is 2.38 bits per heavy atom. The van der Waals surface area contributed by atoms with E-state index in [1.165, 1.54) is 6.20 Å². The SMILES string of the molecule is Nc1ncc(C#CCC(=O)O)cc1[N+](=O)[O-]. The number of aliphatic carboxylic acids is 1. The van der Waals surface area contributed by atoms with Crippen LogP contribution in [0.2, 0.25) is 0 Å². The second-order valence-electron chi connectivity index (χ2n) is 2.76. The average molecular weight is 221 g/mol. The van der Waals surface area contributed by atoms with Gasteiger partial charge in [0.15, 0.2) is 0 Å². The van der Waals surface area contributed by atoms with E-state index in [2.05, 4.69) is 16.8 Å². The highest BCUT2D eigenvalue weighted by Crippen LogP contribution is 2.18. The van der Waals surface area contributed by atoms with Crippen molar-refractivity contribution in [2.75, 3.05) is 5.73 Å². The molecule has 0 aliphatic heterocycles. The van der Waals surface area contributed by atoms with Crippen LogP contribution in [0.3, 0.4) is 0 Å². The van der Waals surface area contributed by atoms with Crippen molar-refractivity contribution in [2.24, 2.45) is 0 Å². The predicted molar refractivity (Wildman–Crippen MR) is 54.4 cm³/mol. The van der Waals surface area contributed by atoms with Gasteiger partial charge in [0.2, 0.25) is 5.82 Å². The molecule has 0 aromatic carbocycles. The molecular weight excluding hydrogens is 214 g/mol. The van der Waals surface area contributed by atoms with E-state index in [0.717, 1.165) is 6.07 Å². The van der Waals surface area contributed by atoms with Crippen LogP contribution in [-0.2, 0) is 4.79 Å². The normalized spacial score (nSPS) is 9.00. The van der Waals surface area contributed by atoms with Gasteiger partial charge in [-0.15, -0.1) is 0 Å². The van der Waals surface area contributed by atoms with Crippen molar-refractivity contribution in [2.45, 2.75) is 6.42 Å². The van der Waals surface area contributed by atoms with E-state index in [0.29, 0.717) is 0 Å². The summed E-state index contributed by atoms with van der Waals surface area (Å²) < 4.78 is 0. The minimum Gasteiger partial charge on any atom is -0.481 e. The molecular formula is C9H7N3O4. The summed E-state index contributed by atoms with van der Waals surface area (Å²) in [4.78, 5) is 23.6. The van der Waals surface area contributed by atoms with Crippen LogP contribution in [0.15, 0.2) is 12.3 Å². The molecule has 16 heavy (non-hydrogen) atoms. The Morgan fingerprint density at radius 3 is 2.94 bits per heavy atom. The number of carbonyl (C=O) groups is 1. The third-order valence-electron chi connectivity index (χ3n) is 1.57. The first-order chi connectivity index (χ1) is 7.50. The smallest absolute Gasteiger partial charge is 0.315 e. The van der Waals surface area contributed by atoms with Gasteiger partial charge in [-0.25, -0.2) is 4.98 Å². The highest BCUT2D eigenvalue weighted by molar-refractivity contribution is 5.70. The molecule has 1 heterocycles. The lowest BCUT2D eigenvalue weighted by Crippen LogP contribution is -1.98. The standard InChI is InChI=1S/C9H7N3O4/c10-9-7(12(15)16)4-6(5-11-9)2-1-3-8(13)14/h4-5H,3H2,(H2,10,11)(H,13,14). The average Bonchev–Trinajstić information content (AvgIpc) is 2.19. The molecule has 0 aliphatic carbocycles. The largest absolute Gasteiger partial charge is 0.481 e. The minimum atomic E-state index is -1.06. The number of carboxylic acids is 1. The van der Waals surface area contributed by atoms with Crippen molar-refractivity contribution in [1.82, 2.24) is 4.98 Å². The number of aromatic nitrogens is 1. The number of pyridine rings is 1. The van der Waals surface area contributed by atoms with Crippen LogP contribution in [-0.4, -0.2) is 21.0 Å². The fourth-order valence-corrected chi connectivity index (χ4v) is 0.900. The number of rotatable bonds is 2. The van der Waals surface area contributed by atoms with Gasteiger partial charge in [-0.1, -0.05) is 11.8 Å². The quantitative estimate of drug-likeness (QED) is 0.423. The molecule has 3 N–H and O–H groups in total. The van der Waals surface area contributed by atoms with E-state index >= 15 is 0 Å². The molecule has 7 heteroatoms. The number of nitro groups is 1. The van der Waals surface area contributed by atoms with Crippen molar-refractivity contribution in [3.63, 3.8) is 0 Å². The van der Waals surface area contributed by atoms with Gasteiger partial charge >= 0.3 is 11.7 Å². The number of hydrogen-bond donors (Lipinski definition) is 2. The summed E-state index contributed by atoms with van der Waals surface area (Å²) in [5, 5.41) is 18.8. The Morgan fingerprint density at radius 1 is 1.69 bits per heavy atom. The summed E-state index contributed by atoms with van der Waals surface area (Å²) in [6.45, 7) is 0. The number of anilines is 1. The summed E-state index contributed by atoms with van der Waals surface area (Å²) >= 11 is 0. The molecule has 0 aliphatic rings. The number of nitrogens with two attached hydrogens (primary N) is 1. The fourth-order valence-electron chi connectivity index (χ4n) is 0.900. The summed E-state index contributed by atoms with van der Waals surface area (Å²) in [5.74, 6) is 3.51. The minimum absolute atomic E-state index is 0.200. The van der Waals surface area contributed by atoms with Crippen LogP contribution in [0.4, 0.5) is 11.5 Å². The molecule has 0 amide bonds. The number of nitrogens with zero attached hydrogens (tertiary/aromatic N) is 2. The van der Waals surface area contributed by atoms with Gasteiger partial charge in [0.05, 0.1) is 4.92 Å². The maximum absolute atomic E-state index is 10.5. The Kier molecular flexibility index (Phi) is 3.40. The molecule has 1 aromatic heterocycles.